The molecule has 0 aliphatic carbocycles. The zero-order valence-corrected chi connectivity index (χ0v) is 10.8. The van der Waals surface area contributed by atoms with Crippen LogP contribution in [0.1, 0.15) is 6.92 Å². The van der Waals surface area contributed by atoms with Crippen molar-refractivity contribution in [2.45, 2.75) is 6.92 Å². The molecule has 1 atom stereocenters. The van der Waals surface area contributed by atoms with Crippen LogP contribution in [0.5, 0.6) is 5.75 Å². The van der Waals surface area contributed by atoms with E-state index in [2.05, 4.69) is 11.3 Å². The molecule has 1 aromatic rings. The van der Waals surface area contributed by atoms with Crippen molar-refractivity contribution in [1.29, 1.82) is 0 Å². The Morgan fingerprint density at radius 2 is 2.05 bits per heavy atom. The molecule has 1 unspecified atom stereocenters. The number of ether oxygens (including phenoxy) is 2. The zero-order valence-electron chi connectivity index (χ0n) is 10.8. The number of hydrogen-bond acceptors (Lipinski definition) is 5. The van der Waals surface area contributed by atoms with E-state index in [1.54, 1.807) is 0 Å². The van der Waals surface area contributed by atoms with Gasteiger partial charge in [-0.1, -0.05) is 18.7 Å². The van der Waals surface area contributed by atoms with Gasteiger partial charge in [-0.2, -0.15) is 0 Å². The molecule has 6 heteroatoms. The SMILES string of the molecule is C=C(C)C(=O)OCC(C=O)C(=O)Oc1ccccc1F. The predicted molar refractivity (Wildman–Crippen MR) is 67.4 cm³/mol. The summed E-state index contributed by atoms with van der Waals surface area (Å²) >= 11 is 0. The molecule has 0 N–H and O–H groups in total. The van der Waals surface area contributed by atoms with E-state index in [9.17, 15) is 18.8 Å². The van der Waals surface area contributed by atoms with Crippen LogP contribution in [-0.4, -0.2) is 24.8 Å². The van der Waals surface area contributed by atoms with Crippen molar-refractivity contribution in [3.63, 3.8) is 0 Å². The Bertz CT molecular complexity index is 538. The van der Waals surface area contributed by atoms with Crippen molar-refractivity contribution in [2.75, 3.05) is 6.61 Å². The molecule has 0 saturated heterocycles. The molecule has 0 heterocycles. The number of benzene rings is 1. The Morgan fingerprint density at radius 1 is 1.40 bits per heavy atom. The summed E-state index contributed by atoms with van der Waals surface area (Å²) in [6.07, 6.45) is 0.273. The van der Waals surface area contributed by atoms with E-state index >= 15 is 0 Å². The second kappa shape index (κ2) is 7.18. The first kappa shape index (κ1) is 15.6. The van der Waals surface area contributed by atoms with Crippen LogP contribution < -0.4 is 4.74 Å². The molecule has 0 fully saturated rings. The highest BCUT2D eigenvalue weighted by Crippen LogP contribution is 2.16. The van der Waals surface area contributed by atoms with E-state index in [1.165, 1.54) is 25.1 Å². The fraction of sp³-hybridized carbons (Fsp3) is 0.214. The molecular formula is C14H13FO5. The molecule has 0 radical (unpaired) electrons. The van der Waals surface area contributed by atoms with Gasteiger partial charge in [0.1, 0.15) is 18.8 Å². The van der Waals surface area contributed by atoms with Gasteiger partial charge in [-0.3, -0.25) is 4.79 Å². The van der Waals surface area contributed by atoms with Crippen LogP contribution in [0.15, 0.2) is 36.4 Å². The summed E-state index contributed by atoms with van der Waals surface area (Å²) in [4.78, 5) is 33.6. The van der Waals surface area contributed by atoms with Gasteiger partial charge in [0.05, 0.1) is 0 Å². The highest BCUT2D eigenvalue weighted by atomic mass is 19.1. The van der Waals surface area contributed by atoms with Gasteiger partial charge in [-0.05, 0) is 19.1 Å². The number of aldehydes is 1. The van der Waals surface area contributed by atoms with Gasteiger partial charge >= 0.3 is 11.9 Å². The van der Waals surface area contributed by atoms with E-state index in [4.69, 9.17) is 4.74 Å². The lowest BCUT2D eigenvalue weighted by atomic mass is 10.2. The number of carbonyl (C=O) groups is 3. The second-order valence-electron chi connectivity index (χ2n) is 3.97. The maximum atomic E-state index is 13.3. The Balaban J connectivity index is 2.64. The first-order valence-electron chi connectivity index (χ1n) is 5.70. The minimum atomic E-state index is -1.32. The summed E-state index contributed by atoms with van der Waals surface area (Å²) in [5.41, 5.74) is 0.136. The second-order valence-corrected chi connectivity index (χ2v) is 3.97. The summed E-state index contributed by atoms with van der Waals surface area (Å²) in [6, 6.07) is 5.26. The molecule has 0 spiro atoms. The molecular weight excluding hydrogens is 267 g/mol. The Kier molecular flexibility index (Phi) is 5.58. The third kappa shape index (κ3) is 4.31. The number of halogens is 1. The topological polar surface area (TPSA) is 69.7 Å². The van der Waals surface area contributed by atoms with Crippen LogP contribution in [0.25, 0.3) is 0 Å². The molecule has 1 rings (SSSR count). The van der Waals surface area contributed by atoms with Gasteiger partial charge < -0.3 is 14.3 Å². The summed E-state index contributed by atoms with van der Waals surface area (Å²) in [5, 5.41) is 0. The van der Waals surface area contributed by atoms with E-state index in [0.29, 0.717) is 0 Å². The fourth-order valence-electron chi connectivity index (χ4n) is 1.16. The standard InChI is InChI=1S/C14H13FO5/c1-9(2)13(17)19-8-10(7-16)14(18)20-12-6-4-3-5-11(12)15/h3-7,10H,1,8H2,2H3. The zero-order chi connectivity index (χ0) is 15.1. The van der Waals surface area contributed by atoms with Crippen LogP contribution in [0.4, 0.5) is 4.39 Å². The third-order valence-corrected chi connectivity index (χ3v) is 2.26. The smallest absolute Gasteiger partial charge is 0.333 e. The quantitative estimate of drug-likeness (QED) is 0.260. The van der Waals surface area contributed by atoms with E-state index in [0.717, 1.165) is 6.07 Å². The first-order valence-corrected chi connectivity index (χ1v) is 5.70. The number of carbonyl (C=O) groups excluding carboxylic acids is 3. The number of hydrogen-bond donors (Lipinski definition) is 0. The van der Waals surface area contributed by atoms with Gasteiger partial charge in [-0.25, -0.2) is 9.18 Å². The Hall–Kier alpha value is -2.50. The monoisotopic (exact) mass is 280 g/mol. The minimum Gasteiger partial charge on any atom is -0.461 e. The summed E-state index contributed by atoms with van der Waals surface area (Å²) in [6.45, 7) is 4.30. The predicted octanol–water partition coefficient (Wildman–Crippen LogP) is 1.67. The number of para-hydroxylation sites is 1. The highest BCUT2D eigenvalue weighted by molar-refractivity contribution is 5.91. The molecule has 0 saturated carbocycles. The minimum absolute atomic E-state index is 0.136. The van der Waals surface area contributed by atoms with E-state index in [-0.39, 0.29) is 17.6 Å². The molecule has 0 amide bonds. The molecule has 1 aromatic carbocycles. The van der Waals surface area contributed by atoms with Crippen molar-refractivity contribution in [3.05, 3.63) is 42.2 Å². The molecule has 106 valence electrons. The van der Waals surface area contributed by atoms with E-state index < -0.39 is 30.3 Å². The lowest BCUT2D eigenvalue weighted by Crippen LogP contribution is -2.27. The molecule has 5 nitrogen and oxygen atoms in total. The lowest BCUT2D eigenvalue weighted by molar-refractivity contribution is -0.148. The molecule has 0 bridgehead atoms. The lowest BCUT2D eigenvalue weighted by Gasteiger charge is -2.11. The Morgan fingerprint density at radius 3 is 2.60 bits per heavy atom. The maximum absolute atomic E-state index is 13.3. The molecule has 0 aliphatic rings. The largest absolute Gasteiger partial charge is 0.461 e. The van der Waals surface area contributed by atoms with Gasteiger partial charge in [0, 0.05) is 5.57 Å². The summed E-state index contributed by atoms with van der Waals surface area (Å²) in [5.74, 6) is -4.08. The van der Waals surface area contributed by atoms with Crippen LogP contribution >= 0.6 is 0 Å². The van der Waals surface area contributed by atoms with Crippen LogP contribution in [0.2, 0.25) is 0 Å². The normalized spacial score (nSPS) is 11.3. The molecule has 20 heavy (non-hydrogen) atoms. The van der Waals surface area contributed by atoms with Crippen molar-refractivity contribution >= 4 is 18.2 Å². The van der Waals surface area contributed by atoms with Crippen molar-refractivity contribution < 1.29 is 28.2 Å². The molecule has 0 aliphatic heterocycles. The van der Waals surface area contributed by atoms with Crippen LogP contribution in [0, 0.1) is 11.7 Å². The number of esters is 2. The summed E-state index contributed by atoms with van der Waals surface area (Å²) in [7, 11) is 0. The third-order valence-electron chi connectivity index (χ3n) is 2.26. The van der Waals surface area contributed by atoms with Crippen molar-refractivity contribution in [2.24, 2.45) is 5.92 Å². The van der Waals surface area contributed by atoms with Crippen LogP contribution in [-0.2, 0) is 19.1 Å². The first-order chi connectivity index (χ1) is 9.45. The summed E-state index contributed by atoms with van der Waals surface area (Å²) < 4.78 is 22.7. The van der Waals surface area contributed by atoms with Gasteiger partial charge in [0.25, 0.3) is 0 Å². The van der Waals surface area contributed by atoms with Gasteiger partial charge in [0.2, 0.25) is 0 Å². The molecule has 0 aromatic heterocycles. The van der Waals surface area contributed by atoms with Gasteiger partial charge in [0.15, 0.2) is 11.6 Å². The average Bonchev–Trinajstić information content (AvgIpc) is 2.41. The number of rotatable bonds is 6. The average molecular weight is 280 g/mol. The van der Waals surface area contributed by atoms with E-state index in [1.807, 2.05) is 0 Å². The maximum Gasteiger partial charge on any atom is 0.333 e. The van der Waals surface area contributed by atoms with Gasteiger partial charge in [-0.15, -0.1) is 0 Å². The van der Waals surface area contributed by atoms with Crippen molar-refractivity contribution in [3.8, 4) is 5.75 Å². The fourth-order valence-corrected chi connectivity index (χ4v) is 1.16. The van der Waals surface area contributed by atoms with Crippen molar-refractivity contribution in [1.82, 2.24) is 0 Å². The highest BCUT2D eigenvalue weighted by Gasteiger charge is 2.23. The van der Waals surface area contributed by atoms with Crippen LogP contribution in [0.3, 0.4) is 0 Å². The Labute approximate surface area is 115 Å².